The summed E-state index contributed by atoms with van der Waals surface area (Å²) >= 11 is 0. The number of rotatable bonds is 3. The molecule has 1 aromatic carbocycles. The average molecular weight is 348 g/mol. The van der Waals surface area contributed by atoms with E-state index in [1.807, 2.05) is 0 Å². The highest BCUT2D eigenvalue weighted by Crippen LogP contribution is 2.52. The van der Waals surface area contributed by atoms with E-state index in [9.17, 15) is 15.2 Å². The second-order valence-electron chi connectivity index (χ2n) is 7.41. The predicted molar refractivity (Wildman–Crippen MR) is 89.8 cm³/mol. The lowest BCUT2D eigenvalue weighted by atomic mass is 9.95. The Bertz CT molecular complexity index is 641. The largest absolute Gasteiger partial charge is 0.394 e. The molecule has 0 radical (unpaired) electrons. The van der Waals surface area contributed by atoms with E-state index in [4.69, 9.17) is 9.47 Å². The molecule has 1 saturated carbocycles. The van der Waals surface area contributed by atoms with Gasteiger partial charge in [0.1, 0.15) is 12.0 Å². The summed E-state index contributed by atoms with van der Waals surface area (Å²) in [6.45, 7) is 0.859. The van der Waals surface area contributed by atoms with Crippen LogP contribution in [-0.2, 0) is 9.47 Å². The van der Waals surface area contributed by atoms with Gasteiger partial charge in [0.25, 0.3) is 5.69 Å². The molecule has 136 valence electrons. The topological polar surface area (TPSA) is 85.1 Å². The second kappa shape index (κ2) is 6.32. The summed E-state index contributed by atoms with van der Waals surface area (Å²) in [6.07, 6.45) is 6.13. The Balaban J connectivity index is 1.69. The average Bonchev–Trinajstić information content (AvgIpc) is 3.05. The van der Waals surface area contributed by atoms with Crippen molar-refractivity contribution in [2.24, 2.45) is 0 Å². The smallest absolute Gasteiger partial charge is 0.269 e. The summed E-state index contributed by atoms with van der Waals surface area (Å²) in [7, 11) is 0. The molecule has 4 rings (SSSR count). The normalized spacial score (nSPS) is 31.8. The lowest BCUT2D eigenvalue weighted by Crippen LogP contribution is -2.55. The zero-order valence-electron chi connectivity index (χ0n) is 14.2. The maximum Gasteiger partial charge on any atom is 0.269 e. The van der Waals surface area contributed by atoms with Gasteiger partial charge in [0, 0.05) is 12.1 Å². The molecule has 2 heterocycles. The van der Waals surface area contributed by atoms with Crippen LogP contribution in [0, 0.1) is 10.1 Å². The molecule has 2 aliphatic heterocycles. The van der Waals surface area contributed by atoms with Crippen LogP contribution in [0.25, 0.3) is 0 Å². The fourth-order valence-corrected chi connectivity index (χ4v) is 4.56. The Kier molecular flexibility index (Phi) is 4.27. The monoisotopic (exact) mass is 348 g/mol. The first-order chi connectivity index (χ1) is 12.1. The number of hydrogen-bond donors (Lipinski definition) is 1. The van der Waals surface area contributed by atoms with Gasteiger partial charge in [0.2, 0.25) is 0 Å². The molecule has 2 atom stereocenters. The molecular weight excluding hydrogens is 324 g/mol. The minimum atomic E-state index is -0.517. The van der Waals surface area contributed by atoms with E-state index in [-0.39, 0.29) is 18.5 Å². The van der Waals surface area contributed by atoms with Crippen LogP contribution < -0.4 is 0 Å². The Morgan fingerprint density at radius 2 is 1.84 bits per heavy atom. The highest BCUT2D eigenvalue weighted by atomic mass is 16.6. The van der Waals surface area contributed by atoms with Crippen molar-refractivity contribution in [2.75, 3.05) is 19.8 Å². The first-order valence-electron chi connectivity index (χ1n) is 9.01. The molecule has 0 bridgehead atoms. The fourth-order valence-electron chi connectivity index (χ4n) is 4.56. The van der Waals surface area contributed by atoms with Gasteiger partial charge in [-0.1, -0.05) is 12.8 Å². The first kappa shape index (κ1) is 16.9. The summed E-state index contributed by atoms with van der Waals surface area (Å²) < 4.78 is 12.4. The highest BCUT2D eigenvalue weighted by molar-refractivity contribution is 5.34. The minimum absolute atomic E-state index is 0.0156. The predicted octanol–water partition coefficient (Wildman–Crippen LogP) is 2.74. The standard InChI is InChI=1S/C18H24N2O5/c21-11-17-12-24-16(14-5-7-15(8-6-14)20(22)23)19(17)18(25-13-17)9-3-1-2-4-10-18/h5-8,16,21H,1-4,9-13H2/t16-,17-/m0/s1. The van der Waals surface area contributed by atoms with Crippen molar-refractivity contribution in [1.29, 1.82) is 0 Å². The van der Waals surface area contributed by atoms with Crippen molar-refractivity contribution >= 4 is 5.69 Å². The van der Waals surface area contributed by atoms with Gasteiger partial charge in [-0.25, -0.2) is 4.90 Å². The molecule has 7 nitrogen and oxygen atoms in total. The Morgan fingerprint density at radius 1 is 1.16 bits per heavy atom. The molecule has 25 heavy (non-hydrogen) atoms. The molecule has 2 saturated heterocycles. The van der Waals surface area contributed by atoms with E-state index in [0.717, 1.165) is 31.2 Å². The summed E-state index contributed by atoms with van der Waals surface area (Å²) in [5, 5.41) is 21.0. The van der Waals surface area contributed by atoms with Crippen LogP contribution >= 0.6 is 0 Å². The van der Waals surface area contributed by atoms with Crippen LogP contribution in [0.2, 0.25) is 0 Å². The van der Waals surface area contributed by atoms with Crippen molar-refractivity contribution in [3.8, 4) is 0 Å². The number of nitrogens with zero attached hydrogens (tertiary/aromatic N) is 2. The quantitative estimate of drug-likeness (QED) is 0.668. The van der Waals surface area contributed by atoms with E-state index in [1.165, 1.54) is 25.0 Å². The van der Waals surface area contributed by atoms with Gasteiger partial charge < -0.3 is 14.6 Å². The number of nitro groups is 1. The summed E-state index contributed by atoms with van der Waals surface area (Å²) in [6, 6.07) is 6.51. The molecule has 1 N–H and O–H groups in total. The van der Waals surface area contributed by atoms with Crippen LogP contribution in [0.15, 0.2) is 24.3 Å². The van der Waals surface area contributed by atoms with Crippen LogP contribution in [0.5, 0.6) is 0 Å². The Labute approximate surface area is 146 Å². The molecule has 3 fully saturated rings. The molecule has 0 amide bonds. The van der Waals surface area contributed by atoms with E-state index in [0.29, 0.717) is 13.2 Å². The Morgan fingerprint density at radius 3 is 2.44 bits per heavy atom. The van der Waals surface area contributed by atoms with Crippen LogP contribution in [0.3, 0.4) is 0 Å². The number of aliphatic hydroxyl groups excluding tert-OH is 1. The van der Waals surface area contributed by atoms with Crippen molar-refractivity contribution in [3.05, 3.63) is 39.9 Å². The maximum atomic E-state index is 10.9. The van der Waals surface area contributed by atoms with Crippen molar-refractivity contribution in [2.45, 2.75) is 56.0 Å². The van der Waals surface area contributed by atoms with Gasteiger partial charge in [0.15, 0.2) is 0 Å². The third kappa shape index (κ3) is 2.66. The molecule has 0 aromatic heterocycles. The zero-order chi connectivity index (χ0) is 17.5. The molecular formula is C18H24N2O5. The van der Waals surface area contributed by atoms with E-state index < -0.39 is 16.2 Å². The van der Waals surface area contributed by atoms with Gasteiger partial charge >= 0.3 is 0 Å². The number of ether oxygens (including phenoxy) is 2. The number of nitro benzene ring substituents is 1. The fraction of sp³-hybridized carbons (Fsp3) is 0.667. The van der Waals surface area contributed by atoms with E-state index >= 15 is 0 Å². The number of aliphatic hydroxyl groups is 1. The Hall–Kier alpha value is -1.54. The van der Waals surface area contributed by atoms with Gasteiger partial charge in [-0.15, -0.1) is 0 Å². The number of hydrogen-bond acceptors (Lipinski definition) is 6. The third-order valence-corrected chi connectivity index (χ3v) is 5.87. The van der Waals surface area contributed by atoms with Gasteiger partial charge in [0.05, 0.1) is 30.3 Å². The summed E-state index contributed by atoms with van der Waals surface area (Å²) in [4.78, 5) is 12.7. The lowest BCUT2D eigenvalue weighted by molar-refractivity contribution is -0.384. The van der Waals surface area contributed by atoms with Crippen LogP contribution in [-0.4, -0.2) is 46.0 Å². The SMILES string of the molecule is O=[N+]([O-])c1ccc([C@@H]2OC[C@@]3(CO)COC4(CCCCCC4)N23)cc1. The van der Waals surface area contributed by atoms with Crippen LogP contribution in [0.4, 0.5) is 5.69 Å². The van der Waals surface area contributed by atoms with Crippen LogP contribution in [0.1, 0.15) is 50.3 Å². The lowest BCUT2D eigenvalue weighted by Gasteiger charge is -2.41. The van der Waals surface area contributed by atoms with E-state index in [2.05, 4.69) is 4.90 Å². The molecule has 3 aliphatic rings. The van der Waals surface area contributed by atoms with Crippen molar-refractivity contribution in [3.63, 3.8) is 0 Å². The van der Waals surface area contributed by atoms with Gasteiger partial charge in [-0.3, -0.25) is 10.1 Å². The van der Waals surface area contributed by atoms with Crippen molar-refractivity contribution < 1.29 is 19.5 Å². The highest BCUT2D eigenvalue weighted by Gasteiger charge is 2.62. The molecule has 1 aromatic rings. The number of benzene rings is 1. The minimum Gasteiger partial charge on any atom is -0.394 e. The molecule has 7 heteroatoms. The first-order valence-corrected chi connectivity index (χ1v) is 9.01. The van der Waals surface area contributed by atoms with Gasteiger partial charge in [-0.05, 0) is 43.4 Å². The number of fused-ring (bicyclic) bond motifs is 2. The second-order valence-corrected chi connectivity index (χ2v) is 7.41. The summed E-state index contributed by atoms with van der Waals surface area (Å²) in [5.74, 6) is 0. The summed E-state index contributed by atoms with van der Waals surface area (Å²) in [5.41, 5.74) is 0.0194. The molecule has 0 unspecified atom stereocenters. The zero-order valence-corrected chi connectivity index (χ0v) is 14.2. The number of non-ortho nitro benzene ring substituents is 1. The molecule has 1 spiro atoms. The van der Waals surface area contributed by atoms with Crippen molar-refractivity contribution in [1.82, 2.24) is 4.90 Å². The third-order valence-electron chi connectivity index (χ3n) is 5.87. The molecule has 1 aliphatic carbocycles. The van der Waals surface area contributed by atoms with E-state index in [1.54, 1.807) is 12.1 Å². The van der Waals surface area contributed by atoms with Gasteiger partial charge in [-0.2, -0.15) is 0 Å². The maximum absolute atomic E-state index is 10.9.